The minimum absolute atomic E-state index is 0.592. The zero-order chi connectivity index (χ0) is 39.1. The van der Waals surface area contributed by atoms with Crippen molar-refractivity contribution < 1.29 is 4.57 Å². The van der Waals surface area contributed by atoms with Crippen LogP contribution in [0.1, 0.15) is 283 Å². The molecular weight excluding hydrogens is 665 g/mol. The molecule has 1 unspecified atom stereocenters. The summed E-state index contributed by atoms with van der Waals surface area (Å²) < 4.78 is 4.71. The second kappa shape index (κ2) is 38.2. The van der Waals surface area contributed by atoms with Gasteiger partial charge in [-0.15, -0.1) is 0 Å². The third kappa shape index (κ3) is 30.4. The molecular formula is C53H99N2+. The molecule has 1 aromatic heterocycles. The fourth-order valence-corrected chi connectivity index (χ4v) is 9.34. The summed E-state index contributed by atoms with van der Waals surface area (Å²) in [5.41, 5.74) is 1.55. The number of hydrogen-bond acceptors (Lipinski definition) is 0. The molecule has 320 valence electrons. The van der Waals surface area contributed by atoms with E-state index >= 15 is 0 Å². The lowest BCUT2D eigenvalue weighted by Crippen LogP contribution is -2.37. The van der Waals surface area contributed by atoms with Crippen LogP contribution in [0.2, 0.25) is 0 Å². The predicted molar refractivity (Wildman–Crippen MR) is 246 cm³/mol. The fraction of sp³-hybridized carbons (Fsp3) is 0.868. The van der Waals surface area contributed by atoms with Crippen molar-refractivity contribution in [3.8, 4) is 0 Å². The van der Waals surface area contributed by atoms with E-state index in [2.05, 4.69) is 67.0 Å². The van der Waals surface area contributed by atoms with Crippen molar-refractivity contribution in [3.63, 3.8) is 0 Å². The molecule has 0 aromatic carbocycles. The lowest BCUT2D eigenvalue weighted by atomic mass is 9.89. The molecule has 0 radical (unpaired) electrons. The Morgan fingerprint density at radius 2 is 0.836 bits per heavy atom. The largest absolute Gasteiger partial charge is 0.243 e. The number of imidazole rings is 1. The van der Waals surface area contributed by atoms with E-state index in [-0.39, 0.29) is 0 Å². The first kappa shape index (κ1) is 49.8. The molecule has 1 aliphatic rings. The number of aromatic nitrogens is 2. The van der Waals surface area contributed by atoms with Crippen LogP contribution in [0.25, 0.3) is 0 Å². The van der Waals surface area contributed by atoms with Gasteiger partial charge in [-0.2, -0.15) is 0 Å². The highest BCUT2D eigenvalue weighted by molar-refractivity contribution is 5.22. The molecule has 55 heavy (non-hydrogen) atoms. The zero-order valence-electron chi connectivity index (χ0n) is 38.0. The second-order valence-electron chi connectivity index (χ2n) is 18.5. The van der Waals surface area contributed by atoms with Crippen molar-refractivity contribution in [3.05, 3.63) is 42.5 Å². The van der Waals surface area contributed by atoms with Crippen LogP contribution >= 0.6 is 0 Å². The van der Waals surface area contributed by atoms with Crippen LogP contribution < -0.4 is 4.57 Å². The van der Waals surface area contributed by atoms with Gasteiger partial charge in [0.05, 0.1) is 7.05 Å². The first-order valence-corrected chi connectivity index (χ1v) is 25.6. The molecule has 0 aliphatic heterocycles. The molecule has 0 bridgehead atoms. The van der Waals surface area contributed by atoms with Crippen LogP contribution in [0.15, 0.2) is 42.5 Å². The van der Waals surface area contributed by atoms with Crippen molar-refractivity contribution in [2.45, 2.75) is 283 Å². The monoisotopic (exact) mass is 764 g/mol. The highest BCUT2D eigenvalue weighted by Crippen LogP contribution is 2.27. The van der Waals surface area contributed by atoms with Gasteiger partial charge in [0.1, 0.15) is 18.4 Å². The summed E-state index contributed by atoms with van der Waals surface area (Å²) in [6, 6.07) is 0.592. The topological polar surface area (TPSA) is 8.81 Å². The maximum Gasteiger partial charge on any atom is 0.243 e. The van der Waals surface area contributed by atoms with E-state index in [1.807, 2.05) is 0 Å². The number of hydrogen-bond donors (Lipinski definition) is 0. The Balaban J connectivity index is 1.60. The molecule has 2 rings (SSSR count). The van der Waals surface area contributed by atoms with Gasteiger partial charge in [-0.3, -0.25) is 0 Å². The molecule has 0 saturated carbocycles. The van der Waals surface area contributed by atoms with E-state index in [9.17, 15) is 0 Å². The summed E-state index contributed by atoms with van der Waals surface area (Å²) in [5, 5.41) is 0. The Morgan fingerprint density at radius 1 is 0.473 bits per heavy atom. The third-order valence-corrected chi connectivity index (χ3v) is 13.1. The maximum atomic E-state index is 2.49. The molecule has 0 spiro atoms. The highest BCUT2D eigenvalue weighted by atomic mass is 15.1. The lowest BCUT2D eigenvalue weighted by molar-refractivity contribution is -0.723. The number of unbranched alkanes of at least 4 members (excludes halogenated alkanes) is 31. The summed E-state index contributed by atoms with van der Waals surface area (Å²) in [4.78, 5) is 0. The van der Waals surface area contributed by atoms with Crippen LogP contribution in [-0.2, 0) is 7.05 Å². The van der Waals surface area contributed by atoms with Gasteiger partial charge in [-0.05, 0) is 37.2 Å². The SMILES string of the molecule is CCCCCCCCCCCCCCCCCCC(CCCCCCCCCCCCCCCCCC)CCCCC(CC1=CCCC=C1)[n+]1ccn(C)c1. The van der Waals surface area contributed by atoms with Gasteiger partial charge in [0.2, 0.25) is 6.33 Å². The Bertz CT molecular complexity index is 950. The molecule has 0 fully saturated rings. The van der Waals surface area contributed by atoms with Gasteiger partial charge in [0.25, 0.3) is 0 Å². The summed E-state index contributed by atoms with van der Waals surface area (Å²) in [5.74, 6) is 0.963. The lowest BCUT2D eigenvalue weighted by Gasteiger charge is -2.19. The smallest absolute Gasteiger partial charge is 0.240 e. The number of aryl methyl sites for hydroxylation is 1. The van der Waals surface area contributed by atoms with Gasteiger partial charge in [-0.25, -0.2) is 9.13 Å². The minimum Gasteiger partial charge on any atom is -0.240 e. The Morgan fingerprint density at radius 3 is 1.18 bits per heavy atom. The first-order chi connectivity index (χ1) is 27.2. The molecule has 1 heterocycles. The number of nitrogens with zero attached hydrogens (tertiary/aromatic N) is 2. The van der Waals surface area contributed by atoms with Gasteiger partial charge in [-0.1, -0.05) is 263 Å². The molecule has 0 amide bonds. The van der Waals surface area contributed by atoms with Crippen molar-refractivity contribution >= 4 is 0 Å². The summed E-state index contributed by atoms with van der Waals surface area (Å²) in [6.45, 7) is 4.63. The quantitative estimate of drug-likeness (QED) is 0.0463. The molecule has 0 saturated heterocycles. The van der Waals surface area contributed by atoms with Crippen LogP contribution in [0.3, 0.4) is 0 Å². The molecule has 1 atom stereocenters. The number of allylic oxidation sites excluding steroid dienone is 4. The summed E-state index contributed by atoms with van der Waals surface area (Å²) in [6.07, 6.45) is 73.2. The molecule has 0 N–H and O–H groups in total. The van der Waals surface area contributed by atoms with Gasteiger partial charge >= 0.3 is 0 Å². The Labute approximate surface area is 346 Å². The van der Waals surface area contributed by atoms with Crippen LogP contribution in [-0.4, -0.2) is 4.57 Å². The molecule has 2 heteroatoms. The third-order valence-electron chi connectivity index (χ3n) is 13.1. The fourth-order valence-electron chi connectivity index (χ4n) is 9.34. The van der Waals surface area contributed by atoms with E-state index in [1.165, 1.54) is 263 Å². The number of rotatable bonds is 42. The van der Waals surface area contributed by atoms with Crippen LogP contribution in [0.4, 0.5) is 0 Å². The van der Waals surface area contributed by atoms with Crippen LogP contribution in [0, 0.1) is 5.92 Å². The van der Waals surface area contributed by atoms with E-state index in [0.29, 0.717) is 6.04 Å². The first-order valence-electron chi connectivity index (χ1n) is 25.6. The zero-order valence-corrected chi connectivity index (χ0v) is 38.0. The second-order valence-corrected chi connectivity index (χ2v) is 18.5. The van der Waals surface area contributed by atoms with Crippen LogP contribution in [0.5, 0.6) is 0 Å². The highest BCUT2D eigenvalue weighted by Gasteiger charge is 2.19. The maximum absolute atomic E-state index is 2.49. The van der Waals surface area contributed by atoms with E-state index in [1.54, 1.807) is 5.57 Å². The standard InChI is InChI=1S/C53H99N2/c1-4-6-8-10-12-14-16-18-20-22-24-26-28-30-32-35-41-51(42-36-33-31-29-27-25-23-21-19-17-15-13-11-9-7-5-2)43-39-40-46-53(55-48-47-54(3)50-55)49-52-44-37-34-38-45-52/h37,44-45,47-48,50-51,53H,4-36,38-43,46,49H2,1-3H3/q+1. The van der Waals surface area contributed by atoms with Gasteiger partial charge in [0, 0.05) is 6.42 Å². The summed E-state index contributed by atoms with van der Waals surface area (Å²) >= 11 is 0. The Hall–Kier alpha value is -1.31. The predicted octanol–water partition coefficient (Wildman–Crippen LogP) is 18.0. The molecule has 1 aliphatic carbocycles. The molecule has 2 nitrogen and oxygen atoms in total. The van der Waals surface area contributed by atoms with Crippen molar-refractivity contribution in [2.24, 2.45) is 13.0 Å². The van der Waals surface area contributed by atoms with E-state index in [4.69, 9.17) is 0 Å². The van der Waals surface area contributed by atoms with E-state index in [0.717, 1.165) is 5.92 Å². The van der Waals surface area contributed by atoms with E-state index < -0.39 is 0 Å². The Kier molecular flexibility index (Phi) is 34.6. The van der Waals surface area contributed by atoms with Gasteiger partial charge in [0.15, 0.2) is 0 Å². The van der Waals surface area contributed by atoms with Crippen molar-refractivity contribution in [1.82, 2.24) is 4.57 Å². The average Bonchev–Trinajstić information content (AvgIpc) is 3.64. The summed E-state index contributed by atoms with van der Waals surface area (Å²) in [7, 11) is 2.16. The van der Waals surface area contributed by atoms with Crippen molar-refractivity contribution in [2.75, 3.05) is 0 Å². The minimum atomic E-state index is 0.592. The van der Waals surface area contributed by atoms with Gasteiger partial charge < -0.3 is 0 Å². The normalized spacial score (nSPS) is 13.6. The average molecular weight is 764 g/mol. The van der Waals surface area contributed by atoms with Crippen molar-refractivity contribution in [1.29, 1.82) is 0 Å². The molecule has 1 aromatic rings.